The van der Waals surface area contributed by atoms with Gasteiger partial charge in [-0.3, -0.25) is 0 Å². The highest BCUT2D eigenvalue weighted by Crippen LogP contribution is 2.24. The lowest BCUT2D eigenvalue weighted by molar-refractivity contribution is 0.275. The van der Waals surface area contributed by atoms with Crippen LogP contribution >= 0.6 is 0 Å². The summed E-state index contributed by atoms with van der Waals surface area (Å²) in [5, 5.41) is 9.01. The summed E-state index contributed by atoms with van der Waals surface area (Å²) >= 11 is 0. The standard InChI is InChI=1S/C14H15NO2/c1-10-6-7-11(2)13(8-10)17-14-5-3-4-12(9-16)15-14/h3-8,16H,9H2,1-2H3. The van der Waals surface area contributed by atoms with Gasteiger partial charge in [0.05, 0.1) is 12.3 Å². The third-order valence-corrected chi connectivity index (χ3v) is 2.50. The zero-order chi connectivity index (χ0) is 12.3. The largest absolute Gasteiger partial charge is 0.439 e. The van der Waals surface area contributed by atoms with Gasteiger partial charge in [-0.2, -0.15) is 0 Å². The van der Waals surface area contributed by atoms with Crippen molar-refractivity contribution >= 4 is 0 Å². The molecule has 1 aromatic heterocycles. The van der Waals surface area contributed by atoms with Gasteiger partial charge in [-0.05, 0) is 37.1 Å². The number of hydrogen-bond acceptors (Lipinski definition) is 3. The molecule has 0 atom stereocenters. The molecule has 0 fully saturated rings. The van der Waals surface area contributed by atoms with Crippen molar-refractivity contribution in [2.45, 2.75) is 20.5 Å². The smallest absolute Gasteiger partial charge is 0.219 e. The molecule has 0 unspecified atom stereocenters. The SMILES string of the molecule is Cc1ccc(C)c(Oc2cccc(CO)n2)c1. The summed E-state index contributed by atoms with van der Waals surface area (Å²) in [6.07, 6.45) is 0. The lowest BCUT2D eigenvalue weighted by Gasteiger charge is -2.09. The molecular formula is C14H15NO2. The van der Waals surface area contributed by atoms with E-state index in [1.54, 1.807) is 12.1 Å². The second-order valence-electron chi connectivity index (χ2n) is 4.00. The van der Waals surface area contributed by atoms with Gasteiger partial charge in [-0.15, -0.1) is 0 Å². The fourth-order valence-electron chi connectivity index (χ4n) is 1.53. The molecule has 0 saturated heterocycles. The Bertz CT molecular complexity index is 523. The maximum atomic E-state index is 9.01. The molecule has 2 rings (SSSR count). The van der Waals surface area contributed by atoms with Gasteiger partial charge in [0, 0.05) is 6.07 Å². The van der Waals surface area contributed by atoms with E-state index in [1.807, 2.05) is 38.1 Å². The molecule has 0 aliphatic heterocycles. The highest BCUT2D eigenvalue weighted by molar-refractivity contribution is 5.38. The molecule has 0 aliphatic carbocycles. The van der Waals surface area contributed by atoms with Crippen molar-refractivity contribution in [3.8, 4) is 11.6 Å². The Morgan fingerprint density at radius 1 is 1.18 bits per heavy atom. The first kappa shape index (κ1) is 11.6. The van der Waals surface area contributed by atoms with E-state index in [1.165, 1.54) is 0 Å². The van der Waals surface area contributed by atoms with Gasteiger partial charge in [0.1, 0.15) is 5.75 Å². The van der Waals surface area contributed by atoms with Crippen molar-refractivity contribution in [3.05, 3.63) is 53.2 Å². The van der Waals surface area contributed by atoms with E-state index in [9.17, 15) is 0 Å². The van der Waals surface area contributed by atoms with Gasteiger partial charge < -0.3 is 9.84 Å². The summed E-state index contributed by atoms with van der Waals surface area (Å²) in [6, 6.07) is 11.4. The van der Waals surface area contributed by atoms with E-state index in [0.29, 0.717) is 11.6 Å². The van der Waals surface area contributed by atoms with Crippen LogP contribution in [0.15, 0.2) is 36.4 Å². The topological polar surface area (TPSA) is 42.4 Å². The summed E-state index contributed by atoms with van der Waals surface area (Å²) in [4.78, 5) is 4.19. The van der Waals surface area contributed by atoms with E-state index in [4.69, 9.17) is 9.84 Å². The fourth-order valence-corrected chi connectivity index (χ4v) is 1.53. The summed E-state index contributed by atoms with van der Waals surface area (Å²) in [6.45, 7) is 3.93. The Kier molecular flexibility index (Phi) is 3.40. The third-order valence-electron chi connectivity index (χ3n) is 2.50. The lowest BCUT2D eigenvalue weighted by Crippen LogP contribution is -1.94. The molecule has 1 heterocycles. The van der Waals surface area contributed by atoms with E-state index in [0.717, 1.165) is 16.9 Å². The van der Waals surface area contributed by atoms with Crippen LogP contribution in [0.5, 0.6) is 11.6 Å². The maximum absolute atomic E-state index is 9.01. The van der Waals surface area contributed by atoms with Gasteiger partial charge in [0.25, 0.3) is 0 Å². The van der Waals surface area contributed by atoms with Crippen molar-refractivity contribution in [1.29, 1.82) is 0 Å². The average Bonchev–Trinajstić information content (AvgIpc) is 2.34. The Labute approximate surface area is 101 Å². The molecule has 0 saturated carbocycles. The van der Waals surface area contributed by atoms with Crippen LogP contribution in [0.1, 0.15) is 16.8 Å². The molecule has 0 aliphatic rings. The number of ether oxygens (including phenoxy) is 1. The van der Waals surface area contributed by atoms with Crippen molar-refractivity contribution in [2.24, 2.45) is 0 Å². The number of benzene rings is 1. The van der Waals surface area contributed by atoms with Gasteiger partial charge in [0.2, 0.25) is 5.88 Å². The van der Waals surface area contributed by atoms with E-state index >= 15 is 0 Å². The lowest BCUT2D eigenvalue weighted by atomic mass is 10.1. The minimum atomic E-state index is -0.0794. The fraction of sp³-hybridized carbons (Fsp3) is 0.214. The molecule has 17 heavy (non-hydrogen) atoms. The number of hydrogen-bond donors (Lipinski definition) is 1. The van der Waals surface area contributed by atoms with Crippen molar-refractivity contribution in [3.63, 3.8) is 0 Å². The molecule has 3 nitrogen and oxygen atoms in total. The van der Waals surface area contributed by atoms with Crippen LogP contribution in [0.4, 0.5) is 0 Å². The van der Waals surface area contributed by atoms with Gasteiger partial charge in [0.15, 0.2) is 0 Å². The van der Waals surface area contributed by atoms with Gasteiger partial charge >= 0.3 is 0 Å². The maximum Gasteiger partial charge on any atom is 0.219 e. The van der Waals surface area contributed by atoms with Crippen LogP contribution in [-0.2, 0) is 6.61 Å². The van der Waals surface area contributed by atoms with Crippen LogP contribution in [0.2, 0.25) is 0 Å². The highest BCUT2D eigenvalue weighted by atomic mass is 16.5. The third kappa shape index (κ3) is 2.82. The van der Waals surface area contributed by atoms with Crippen molar-refractivity contribution in [1.82, 2.24) is 4.98 Å². The normalized spacial score (nSPS) is 10.3. The molecule has 1 aromatic carbocycles. The Morgan fingerprint density at radius 3 is 2.76 bits per heavy atom. The summed E-state index contributed by atoms with van der Waals surface area (Å²) < 4.78 is 5.71. The zero-order valence-corrected chi connectivity index (χ0v) is 9.97. The Hall–Kier alpha value is -1.87. The van der Waals surface area contributed by atoms with Crippen LogP contribution in [0, 0.1) is 13.8 Å². The molecule has 2 aromatic rings. The number of rotatable bonds is 3. The summed E-state index contributed by atoms with van der Waals surface area (Å²) in [7, 11) is 0. The quantitative estimate of drug-likeness (QED) is 0.879. The highest BCUT2D eigenvalue weighted by Gasteiger charge is 2.03. The van der Waals surface area contributed by atoms with Gasteiger partial charge in [-0.25, -0.2) is 4.98 Å². The molecule has 0 amide bonds. The second-order valence-corrected chi connectivity index (χ2v) is 4.00. The van der Waals surface area contributed by atoms with Crippen molar-refractivity contribution in [2.75, 3.05) is 0 Å². The number of aromatic nitrogens is 1. The first-order valence-electron chi connectivity index (χ1n) is 5.51. The van der Waals surface area contributed by atoms with Gasteiger partial charge in [-0.1, -0.05) is 18.2 Å². The predicted octanol–water partition coefficient (Wildman–Crippen LogP) is 2.98. The van der Waals surface area contributed by atoms with Crippen LogP contribution < -0.4 is 4.74 Å². The van der Waals surface area contributed by atoms with E-state index in [2.05, 4.69) is 4.98 Å². The molecule has 88 valence electrons. The van der Waals surface area contributed by atoms with E-state index in [-0.39, 0.29) is 6.61 Å². The van der Waals surface area contributed by atoms with Crippen LogP contribution in [-0.4, -0.2) is 10.1 Å². The molecule has 0 bridgehead atoms. The zero-order valence-electron chi connectivity index (χ0n) is 9.97. The van der Waals surface area contributed by atoms with Crippen LogP contribution in [0.25, 0.3) is 0 Å². The minimum absolute atomic E-state index is 0.0794. The molecule has 1 N–H and O–H groups in total. The number of aliphatic hydroxyl groups excluding tert-OH is 1. The number of aliphatic hydroxyl groups is 1. The molecule has 0 spiro atoms. The Balaban J connectivity index is 2.27. The first-order valence-corrected chi connectivity index (χ1v) is 5.51. The van der Waals surface area contributed by atoms with Crippen LogP contribution in [0.3, 0.4) is 0 Å². The number of pyridine rings is 1. The monoisotopic (exact) mass is 229 g/mol. The van der Waals surface area contributed by atoms with E-state index < -0.39 is 0 Å². The Morgan fingerprint density at radius 2 is 2.00 bits per heavy atom. The number of aryl methyl sites for hydroxylation is 2. The molecular weight excluding hydrogens is 214 g/mol. The second kappa shape index (κ2) is 4.97. The minimum Gasteiger partial charge on any atom is -0.439 e. The predicted molar refractivity (Wildman–Crippen MR) is 66.1 cm³/mol. The molecule has 3 heteroatoms. The molecule has 0 radical (unpaired) electrons. The average molecular weight is 229 g/mol. The summed E-state index contributed by atoms with van der Waals surface area (Å²) in [5.74, 6) is 1.30. The number of nitrogens with zero attached hydrogens (tertiary/aromatic N) is 1. The first-order chi connectivity index (χ1) is 8.19. The van der Waals surface area contributed by atoms with Crippen molar-refractivity contribution < 1.29 is 9.84 Å². The summed E-state index contributed by atoms with van der Waals surface area (Å²) in [5.41, 5.74) is 2.81.